The van der Waals surface area contributed by atoms with Crippen molar-refractivity contribution in [2.45, 2.75) is 25.8 Å². The van der Waals surface area contributed by atoms with Gasteiger partial charge >= 0.3 is 0 Å². The maximum absolute atomic E-state index is 11.6. The molecule has 0 spiro atoms. The third-order valence-corrected chi connectivity index (χ3v) is 3.58. The van der Waals surface area contributed by atoms with E-state index in [0.29, 0.717) is 25.9 Å². The zero-order valence-corrected chi connectivity index (χ0v) is 11.5. The van der Waals surface area contributed by atoms with Crippen molar-refractivity contribution in [1.29, 1.82) is 10.5 Å². The van der Waals surface area contributed by atoms with Crippen LogP contribution in [0.2, 0.25) is 0 Å². The lowest BCUT2D eigenvalue weighted by Gasteiger charge is -2.29. The summed E-state index contributed by atoms with van der Waals surface area (Å²) in [6.07, 6.45) is 1.80. The summed E-state index contributed by atoms with van der Waals surface area (Å²) in [5.41, 5.74) is 1.82. The van der Waals surface area contributed by atoms with Crippen molar-refractivity contribution in [1.82, 2.24) is 14.7 Å². The van der Waals surface area contributed by atoms with Crippen LogP contribution in [0.1, 0.15) is 24.1 Å². The number of hydrogen-bond acceptors (Lipinski definition) is 5. The van der Waals surface area contributed by atoms with E-state index in [4.69, 9.17) is 10.5 Å². The van der Waals surface area contributed by atoms with Crippen molar-refractivity contribution in [3.8, 4) is 12.1 Å². The van der Waals surface area contributed by atoms with E-state index in [9.17, 15) is 4.79 Å². The Morgan fingerprint density at radius 2 is 2.30 bits per heavy atom. The van der Waals surface area contributed by atoms with Gasteiger partial charge in [0.1, 0.15) is 0 Å². The van der Waals surface area contributed by atoms with Crippen LogP contribution in [0, 0.1) is 28.6 Å². The molecule has 6 heteroatoms. The van der Waals surface area contributed by atoms with E-state index in [2.05, 4.69) is 22.1 Å². The highest BCUT2D eigenvalue weighted by atomic mass is 16.1. The lowest BCUT2D eigenvalue weighted by molar-refractivity contribution is 0.225. The average molecular weight is 271 g/mol. The molecule has 0 N–H and O–H groups in total. The summed E-state index contributed by atoms with van der Waals surface area (Å²) in [7, 11) is 1.66. The van der Waals surface area contributed by atoms with Gasteiger partial charge in [-0.1, -0.05) is 0 Å². The van der Waals surface area contributed by atoms with E-state index in [1.165, 1.54) is 4.68 Å². The van der Waals surface area contributed by atoms with E-state index < -0.39 is 0 Å². The fourth-order valence-electron chi connectivity index (χ4n) is 2.45. The Morgan fingerprint density at radius 3 is 3.00 bits per heavy atom. The number of nitriles is 2. The fraction of sp³-hybridized carbons (Fsp3) is 0.571. The van der Waals surface area contributed by atoms with Crippen LogP contribution in [0.5, 0.6) is 0 Å². The predicted octanol–water partition coefficient (Wildman–Crippen LogP) is 0.582. The van der Waals surface area contributed by atoms with E-state index in [1.807, 2.05) is 0 Å². The standard InChI is InChI=1S/C14H17N5O/c1-18-14(20)7-12-10-19(6-4-13(12)17-18)9-11(8-16)3-2-5-15/h7,11H,2-4,6,9-10H2,1H3/t11-/m0/s1. The minimum Gasteiger partial charge on any atom is -0.297 e. The fourth-order valence-corrected chi connectivity index (χ4v) is 2.45. The second-order valence-electron chi connectivity index (χ2n) is 5.09. The third kappa shape index (κ3) is 3.23. The molecule has 1 atom stereocenters. The number of aromatic nitrogens is 2. The number of nitrogens with zero attached hydrogens (tertiary/aromatic N) is 5. The van der Waals surface area contributed by atoms with Gasteiger partial charge in [0.05, 0.1) is 23.8 Å². The molecule has 0 aliphatic carbocycles. The predicted molar refractivity (Wildman–Crippen MR) is 72.4 cm³/mol. The third-order valence-electron chi connectivity index (χ3n) is 3.58. The first kappa shape index (κ1) is 14.2. The number of aryl methyl sites for hydroxylation is 1. The van der Waals surface area contributed by atoms with Crippen molar-refractivity contribution >= 4 is 0 Å². The maximum atomic E-state index is 11.6. The molecule has 0 saturated carbocycles. The molecule has 0 bridgehead atoms. The highest BCUT2D eigenvalue weighted by molar-refractivity contribution is 5.20. The largest absolute Gasteiger partial charge is 0.297 e. The minimum absolute atomic E-state index is 0.105. The Morgan fingerprint density at radius 1 is 1.50 bits per heavy atom. The second kappa shape index (κ2) is 6.31. The van der Waals surface area contributed by atoms with E-state index in [0.717, 1.165) is 24.2 Å². The molecule has 0 radical (unpaired) electrons. The topological polar surface area (TPSA) is 85.7 Å². The number of hydrogen-bond donors (Lipinski definition) is 0. The van der Waals surface area contributed by atoms with Crippen molar-refractivity contribution in [2.24, 2.45) is 13.0 Å². The summed E-state index contributed by atoms with van der Waals surface area (Å²) >= 11 is 0. The van der Waals surface area contributed by atoms with Crippen molar-refractivity contribution in [3.05, 3.63) is 27.7 Å². The summed E-state index contributed by atoms with van der Waals surface area (Å²) in [5.74, 6) is -0.129. The zero-order valence-electron chi connectivity index (χ0n) is 11.5. The Kier molecular flexibility index (Phi) is 4.49. The van der Waals surface area contributed by atoms with Gasteiger partial charge in [0.2, 0.25) is 0 Å². The molecule has 0 saturated heterocycles. The maximum Gasteiger partial charge on any atom is 0.266 e. The number of rotatable bonds is 4. The van der Waals surface area contributed by atoms with Gasteiger partial charge in [0, 0.05) is 45.6 Å². The van der Waals surface area contributed by atoms with E-state index in [-0.39, 0.29) is 11.5 Å². The molecular formula is C14H17N5O. The molecule has 104 valence electrons. The van der Waals surface area contributed by atoms with Crippen molar-refractivity contribution in [2.75, 3.05) is 13.1 Å². The molecule has 1 aromatic rings. The van der Waals surface area contributed by atoms with Gasteiger partial charge in [-0.2, -0.15) is 15.6 Å². The van der Waals surface area contributed by atoms with Gasteiger partial charge in [0.15, 0.2) is 0 Å². The molecule has 0 amide bonds. The minimum atomic E-state index is -0.129. The molecule has 1 aliphatic heterocycles. The lowest BCUT2D eigenvalue weighted by atomic mass is 10.0. The average Bonchev–Trinajstić information content (AvgIpc) is 2.45. The first-order chi connectivity index (χ1) is 9.63. The van der Waals surface area contributed by atoms with Crippen molar-refractivity contribution in [3.63, 3.8) is 0 Å². The van der Waals surface area contributed by atoms with Gasteiger partial charge in [-0.15, -0.1) is 0 Å². The number of fused-ring (bicyclic) bond motifs is 1. The van der Waals surface area contributed by atoms with Gasteiger partial charge < -0.3 is 0 Å². The Balaban J connectivity index is 2.04. The van der Waals surface area contributed by atoms with Crippen LogP contribution in [-0.4, -0.2) is 27.8 Å². The van der Waals surface area contributed by atoms with Gasteiger partial charge in [-0.3, -0.25) is 9.69 Å². The van der Waals surface area contributed by atoms with Crippen LogP contribution in [0.15, 0.2) is 10.9 Å². The summed E-state index contributed by atoms with van der Waals surface area (Å²) in [6, 6.07) is 5.96. The molecule has 1 aromatic heterocycles. The first-order valence-electron chi connectivity index (χ1n) is 6.69. The van der Waals surface area contributed by atoms with Crippen LogP contribution < -0.4 is 5.56 Å². The SMILES string of the molecule is Cn1nc2c(cc1=O)CN(C[C@H](C#N)CCC#N)CC2. The highest BCUT2D eigenvalue weighted by Gasteiger charge is 2.21. The molecule has 1 aliphatic rings. The molecule has 2 heterocycles. The second-order valence-corrected chi connectivity index (χ2v) is 5.09. The summed E-state index contributed by atoms with van der Waals surface area (Å²) in [6.45, 7) is 2.14. The van der Waals surface area contributed by atoms with E-state index in [1.54, 1.807) is 13.1 Å². The summed E-state index contributed by atoms with van der Waals surface area (Å²) < 4.78 is 1.36. The van der Waals surface area contributed by atoms with Crippen LogP contribution >= 0.6 is 0 Å². The van der Waals surface area contributed by atoms with Crippen molar-refractivity contribution < 1.29 is 0 Å². The molecule has 0 fully saturated rings. The molecule has 20 heavy (non-hydrogen) atoms. The smallest absolute Gasteiger partial charge is 0.266 e. The van der Waals surface area contributed by atoms with Crippen LogP contribution in [-0.2, 0) is 20.0 Å². The molecule has 0 aromatic carbocycles. The lowest BCUT2D eigenvalue weighted by Crippen LogP contribution is -2.36. The summed E-state index contributed by atoms with van der Waals surface area (Å²) in [4.78, 5) is 13.8. The Bertz CT molecular complexity index is 622. The Hall–Kier alpha value is -2.18. The molecule has 2 rings (SSSR count). The monoisotopic (exact) mass is 271 g/mol. The van der Waals surface area contributed by atoms with Crippen LogP contribution in [0.4, 0.5) is 0 Å². The van der Waals surface area contributed by atoms with Gasteiger partial charge in [-0.25, -0.2) is 4.68 Å². The molecule has 0 unspecified atom stereocenters. The quantitative estimate of drug-likeness (QED) is 0.799. The normalized spacial score (nSPS) is 15.9. The zero-order chi connectivity index (χ0) is 14.5. The first-order valence-corrected chi connectivity index (χ1v) is 6.69. The van der Waals surface area contributed by atoms with E-state index >= 15 is 0 Å². The Labute approximate surface area is 117 Å². The van der Waals surface area contributed by atoms with Crippen LogP contribution in [0.3, 0.4) is 0 Å². The van der Waals surface area contributed by atoms with Gasteiger partial charge in [0.25, 0.3) is 5.56 Å². The molecule has 6 nitrogen and oxygen atoms in total. The highest BCUT2D eigenvalue weighted by Crippen LogP contribution is 2.17. The van der Waals surface area contributed by atoms with Crippen LogP contribution in [0.25, 0.3) is 0 Å². The molecular weight excluding hydrogens is 254 g/mol. The summed E-state index contributed by atoms with van der Waals surface area (Å²) in [5, 5.41) is 22.0. The van der Waals surface area contributed by atoms with Gasteiger partial charge in [-0.05, 0) is 12.0 Å².